The van der Waals surface area contributed by atoms with Gasteiger partial charge in [-0.3, -0.25) is 4.90 Å². The molecular formula is C16H24Cl2N2. The van der Waals surface area contributed by atoms with Gasteiger partial charge < -0.3 is 5.73 Å². The number of hydrogen-bond donors (Lipinski definition) is 1. The molecule has 0 saturated carbocycles. The Labute approximate surface area is 132 Å². The van der Waals surface area contributed by atoms with Crippen molar-refractivity contribution in [2.24, 2.45) is 17.6 Å². The van der Waals surface area contributed by atoms with Crippen molar-refractivity contribution >= 4 is 23.2 Å². The summed E-state index contributed by atoms with van der Waals surface area (Å²) < 4.78 is 0. The fourth-order valence-electron chi connectivity index (χ4n) is 3.18. The van der Waals surface area contributed by atoms with Crippen molar-refractivity contribution in [3.8, 4) is 0 Å². The van der Waals surface area contributed by atoms with Gasteiger partial charge in [-0.15, -0.1) is 0 Å². The van der Waals surface area contributed by atoms with Crippen LogP contribution < -0.4 is 5.73 Å². The van der Waals surface area contributed by atoms with Gasteiger partial charge in [0.25, 0.3) is 0 Å². The van der Waals surface area contributed by atoms with Crippen LogP contribution in [0.4, 0.5) is 0 Å². The zero-order chi connectivity index (χ0) is 14.7. The summed E-state index contributed by atoms with van der Waals surface area (Å²) in [6.45, 7) is 7.33. The van der Waals surface area contributed by atoms with Crippen LogP contribution in [0.1, 0.15) is 38.3 Å². The Hall–Kier alpha value is -0.280. The van der Waals surface area contributed by atoms with E-state index in [0.717, 1.165) is 40.5 Å². The van der Waals surface area contributed by atoms with Crippen LogP contribution in [0.5, 0.6) is 0 Å². The molecule has 0 bridgehead atoms. The molecule has 4 heteroatoms. The van der Waals surface area contributed by atoms with Crippen LogP contribution in [0.2, 0.25) is 10.0 Å². The lowest BCUT2D eigenvalue weighted by Crippen LogP contribution is -2.41. The molecule has 0 amide bonds. The van der Waals surface area contributed by atoms with Crippen LogP contribution in [-0.2, 0) is 0 Å². The molecule has 0 spiro atoms. The number of likely N-dealkylation sites (tertiary alicyclic amines) is 1. The normalized spacial score (nSPS) is 19.5. The van der Waals surface area contributed by atoms with E-state index in [4.69, 9.17) is 28.9 Å². The summed E-state index contributed by atoms with van der Waals surface area (Å²) in [4.78, 5) is 2.44. The van der Waals surface area contributed by atoms with Crippen LogP contribution in [0.3, 0.4) is 0 Å². The van der Waals surface area contributed by atoms with Crippen molar-refractivity contribution in [3.05, 3.63) is 33.8 Å². The molecule has 1 saturated heterocycles. The molecule has 1 aliphatic heterocycles. The summed E-state index contributed by atoms with van der Waals surface area (Å²) in [6.07, 6.45) is 2.46. The molecule has 1 aromatic carbocycles. The van der Waals surface area contributed by atoms with Crippen molar-refractivity contribution in [3.63, 3.8) is 0 Å². The molecule has 2 rings (SSSR count). The van der Waals surface area contributed by atoms with Gasteiger partial charge in [-0.1, -0.05) is 43.1 Å². The fraction of sp³-hybridized carbons (Fsp3) is 0.625. The van der Waals surface area contributed by atoms with Crippen LogP contribution in [0, 0.1) is 11.8 Å². The molecule has 112 valence electrons. The maximum atomic E-state index is 6.33. The van der Waals surface area contributed by atoms with Crippen LogP contribution in [-0.4, -0.2) is 24.5 Å². The number of nitrogens with two attached hydrogens (primary N) is 1. The van der Waals surface area contributed by atoms with Gasteiger partial charge in [0.1, 0.15) is 0 Å². The van der Waals surface area contributed by atoms with Crippen molar-refractivity contribution in [1.82, 2.24) is 4.90 Å². The van der Waals surface area contributed by atoms with Gasteiger partial charge in [0.05, 0.1) is 0 Å². The largest absolute Gasteiger partial charge is 0.329 e. The predicted molar refractivity (Wildman–Crippen MR) is 87.4 cm³/mol. The summed E-state index contributed by atoms with van der Waals surface area (Å²) >= 11 is 12.7. The third kappa shape index (κ3) is 3.48. The number of piperidine rings is 1. The van der Waals surface area contributed by atoms with E-state index in [1.165, 1.54) is 12.8 Å². The lowest BCUT2D eigenvalue weighted by molar-refractivity contribution is 0.117. The highest BCUT2D eigenvalue weighted by molar-refractivity contribution is 6.36. The van der Waals surface area contributed by atoms with Crippen molar-refractivity contribution in [2.75, 3.05) is 19.6 Å². The molecule has 0 radical (unpaired) electrons. The molecule has 2 nitrogen and oxygen atoms in total. The minimum absolute atomic E-state index is 0.129. The quantitative estimate of drug-likeness (QED) is 0.894. The molecule has 1 aliphatic rings. The lowest BCUT2D eigenvalue weighted by Gasteiger charge is -2.39. The summed E-state index contributed by atoms with van der Waals surface area (Å²) in [7, 11) is 0. The maximum Gasteiger partial charge on any atom is 0.0500 e. The number of benzene rings is 1. The van der Waals surface area contributed by atoms with Gasteiger partial charge in [-0.25, -0.2) is 0 Å². The van der Waals surface area contributed by atoms with E-state index in [2.05, 4.69) is 18.7 Å². The number of nitrogens with zero attached hydrogens (tertiary/aromatic N) is 1. The van der Waals surface area contributed by atoms with Crippen molar-refractivity contribution < 1.29 is 0 Å². The second-order valence-electron chi connectivity index (χ2n) is 6.00. The zero-order valence-corrected chi connectivity index (χ0v) is 13.8. The van der Waals surface area contributed by atoms with Crippen LogP contribution in [0.25, 0.3) is 0 Å². The topological polar surface area (TPSA) is 29.3 Å². The summed E-state index contributed by atoms with van der Waals surface area (Å²) in [6, 6.07) is 5.80. The molecule has 0 aromatic heterocycles. The second kappa shape index (κ2) is 7.13. The van der Waals surface area contributed by atoms with Crippen molar-refractivity contribution in [2.45, 2.75) is 32.7 Å². The van der Waals surface area contributed by atoms with Gasteiger partial charge in [0.2, 0.25) is 0 Å². The number of rotatable bonds is 4. The van der Waals surface area contributed by atoms with Crippen molar-refractivity contribution in [1.29, 1.82) is 0 Å². The Morgan fingerprint density at radius 2 is 1.75 bits per heavy atom. The first-order valence-corrected chi connectivity index (χ1v) is 8.18. The van der Waals surface area contributed by atoms with E-state index in [1.54, 1.807) is 0 Å². The van der Waals surface area contributed by atoms with E-state index < -0.39 is 0 Å². The molecular weight excluding hydrogens is 291 g/mol. The van der Waals surface area contributed by atoms with Gasteiger partial charge >= 0.3 is 0 Å². The maximum absolute atomic E-state index is 6.33. The van der Waals surface area contributed by atoms with Gasteiger partial charge in [0.15, 0.2) is 0 Å². The Morgan fingerprint density at radius 1 is 1.20 bits per heavy atom. The molecule has 1 unspecified atom stereocenters. The lowest BCUT2D eigenvalue weighted by atomic mass is 9.86. The molecule has 1 atom stereocenters. The average molecular weight is 315 g/mol. The highest BCUT2D eigenvalue weighted by atomic mass is 35.5. The number of halogens is 2. The van der Waals surface area contributed by atoms with E-state index in [1.807, 2.05) is 18.2 Å². The Balaban J connectivity index is 2.14. The highest BCUT2D eigenvalue weighted by Crippen LogP contribution is 2.36. The van der Waals surface area contributed by atoms with E-state index >= 15 is 0 Å². The minimum atomic E-state index is 0.129. The second-order valence-corrected chi connectivity index (χ2v) is 6.82. The fourth-order valence-corrected chi connectivity index (χ4v) is 3.83. The first-order valence-electron chi connectivity index (χ1n) is 7.42. The first kappa shape index (κ1) is 16.1. The average Bonchev–Trinajstić information content (AvgIpc) is 2.43. The molecule has 1 heterocycles. The smallest absolute Gasteiger partial charge is 0.0500 e. The zero-order valence-electron chi connectivity index (χ0n) is 12.3. The Bertz CT molecular complexity index is 420. The SMILES string of the molecule is CC(C)C1CCN(C(CN)c2c(Cl)cccc2Cl)CC1. The third-order valence-corrected chi connectivity index (χ3v) is 5.17. The van der Waals surface area contributed by atoms with Gasteiger partial charge in [-0.05, 0) is 49.9 Å². The van der Waals surface area contributed by atoms with Crippen LogP contribution in [0.15, 0.2) is 18.2 Å². The van der Waals surface area contributed by atoms with Gasteiger partial charge in [0, 0.05) is 28.2 Å². The molecule has 1 fully saturated rings. The third-order valence-electron chi connectivity index (χ3n) is 4.51. The standard InChI is InChI=1S/C16H24Cl2N2/c1-11(2)12-6-8-20(9-7-12)15(10-19)16-13(17)4-3-5-14(16)18/h3-5,11-12,15H,6-10,19H2,1-2H3. The summed E-state index contributed by atoms with van der Waals surface area (Å²) in [5.41, 5.74) is 7.00. The Morgan fingerprint density at radius 3 is 2.20 bits per heavy atom. The van der Waals surface area contributed by atoms with E-state index in [-0.39, 0.29) is 6.04 Å². The van der Waals surface area contributed by atoms with Crippen LogP contribution >= 0.6 is 23.2 Å². The molecule has 0 aliphatic carbocycles. The van der Waals surface area contributed by atoms with E-state index in [9.17, 15) is 0 Å². The molecule has 2 N–H and O–H groups in total. The van der Waals surface area contributed by atoms with Gasteiger partial charge in [-0.2, -0.15) is 0 Å². The highest BCUT2D eigenvalue weighted by Gasteiger charge is 2.28. The molecule has 20 heavy (non-hydrogen) atoms. The summed E-state index contributed by atoms with van der Waals surface area (Å²) in [5.74, 6) is 1.59. The molecule has 1 aromatic rings. The first-order chi connectivity index (χ1) is 9.54. The minimum Gasteiger partial charge on any atom is -0.329 e. The number of hydrogen-bond acceptors (Lipinski definition) is 2. The van der Waals surface area contributed by atoms with E-state index in [0.29, 0.717) is 6.54 Å². The Kier molecular flexibility index (Phi) is 5.74. The monoisotopic (exact) mass is 314 g/mol. The predicted octanol–water partition coefficient (Wildman–Crippen LogP) is 4.36. The summed E-state index contributed by atoms with van der Waals surface area (Å²) in [5, 5.41) is 1.44.